The van der Waals surface area contributed by atoms with Gasteiger partial charge in [-0.1, -0.05) is 19.1 Å². The number of ether oxygens (including phenoxy) is 1. The Labute approximate surface area is 112 Å². The molecule has 0 amide bonds. The smallest absolute Gasteiger partial charge is 0.130 e. The van der Waals surface area contributed by atoms with Gasteiger partial charge in [0.15, 0.2) is 0 Å². The van der Waals surface area contributed by atoms with Crippen molar-refractivity contribution in [2.45, 2.75) is 20.3 Å². The molecule has 0 saturated heterocycles. The molecule has 1 N–H and O–H groups in total. The number of benzene rings is 1. The Balaban J connectivity index is 2.54. The maximum Gasteiger partial charge on any atom is 0.130 e. The Morgan fingerprint density at radius 3 is 2.72 bits per heavy atom. The van der Waals surface area contributed by atoms with Gasteiger partial charge < -0.3 is 9.72 Å². The molecule has 0 bridgehead atoms. The quantitative estimate of drug-likeness (QED) is 0.855. The third kappa shape index (κ3) is 2.59. The van der Waals surface area contributed by atoms with E-state index in [-0.39, 0.29) is 0 Å². The average molecular weight is 260 g/mol. The standard InChI is InChI=1S/C14H16N2OS/c1-4-13-15-12(8-14(18)16-13)11-6-5-10(17-3)7-9(11)2/h5-8H,4H2,1-3H3,(H,15,16,18). The van der Waals surface area contributed by atoms with E-state index in [1.807, 2.05) is 24.3 Å². The molecule has 1 aromatic heterocycles. The lowest BCUT2D eigenvalue weighted by atomic mass is 10.1. The minimum absolute atomic E-state index is 0.621. The molecule has 94 valence electrons. The minimum Gasteiger partial charge on any atom is -0.497 e. The number of H-pyrrole nitrogens is 1. The maximum atomic E-state index is 5.21. The fourth-order valence-electron chi connectivity index (χ4n) is 1.89. The predicted octanol–water partition coefficient (Wildman–Crippen LogP) is 3.69. The molecule has 0 aliphatic rings. The van der Waals surface area contributed by atoms with Crippen LogP contribution >= 0.6 is 12.2 Å². The highest BCUT2D eigenvalue weighted by molar-refractivity contribution is 7.71. The molecular formula is C14H16N2OS. The van der Waals surface area contributed by atoms with Crippen molar-refractivity contribution in [3.05, 3.63) is 40.3 Å². The van der Waals surface area contributed by atoms with Crippen molar-refractivity contribution < 1.29 is 4.74 Å². The second kappa shape index (κ2) is 5.31. The number of methoxy groups -OCH3 is 1. The SMILES string of the molecule is CCc1nc(=S)cc(-c2ccc(OC)cc2C)[nH]1. The van der Waals surface area contributed by atoms with Crippen LogP contribution in [0.25, 0.3) is 11.3 Å². The van der Waals surface area contributed by atoms with E-state index in [0.29, 0.717) is 4.64 Å². The van der Waals surface area contributed by atoms with Crippen LogP contribution in [0.15, 0.2) is 24.3 Å². The molecule has 0 radical (unpaired) electrons. The summed E-state index contributed by atoms with van der Waals surface area (Å²) in [5.74, 6) is 1.77. The van der Waals surface area contributed by atoms with E-state index in [4.69, 9.17) is 17.0 Å². The van der Waals surface area contributed by atoms with Gasteiger partial charge in [0, 0.05) is 17.7 Å². The number of hydrogen-bond donors (Lipinski definition) is 1. The second-order valence-electron chi connectivity index (χ2n) is 4.11. The molecule has 0 fully saturated rings. The van der Waals surface area contributed by atoms with Crippen LogP contribution in [0, 0.1) is 11.6 Å². The van der Waals surface area contributed by atoms with Crippen molar-refractivity contribution in [1.82, 2.24) is 9.97 Å². The van der Waals surface area contributed by atoms with Gasteiger partial charge in [0.05, 0.1) is 7.11 Å². The molecule has 0 atom stereocenters. The summed E-state index contributed by atoms with van der Waals surface area (Å²) in [5.41, 5.74) is 3.28. The molecule has 0 unspecified atom stereocenters. The molecule has 4 heteroatoms. The van der Waals surface area contributed by atoms with Crippen LogP contribution in [0.4, 0.5) is 0 Å². The first-order chi connectivity index (χ1) is 8.63. The van der Waals surface area contributed by atoms with Crippen molar-refractivity contribution in [2.24, 2.45) is 0 Å². The Morgan fingerprint density at radius 1 is 1.33 bits per heavy atom. The zero-order valence-corrected chi connectivity index (χ0v) is 11.6. The molecule has 0 spiro atoms. The van der Waals surface area contributed by atoms with Crippen LogP contribution in [-0.4, -0.2) is 17.1 Å². The summed E-state index contributed by atoms with van der Waals surface area (Å²) < 4.78 is 5.83. The molecule has 2 rings (SSSR count). The molecular weight excluding hydrogens is 244 g/mol. The van der Waals surface area contributed by atoms with Crippen LogP contribution < -0.4 is 4.74 Å². The van der Waals surface area contributed by atoms with Gasteiger partial charge in [-0.25, -0.2) is 4.98 Å². The second-order valence-corrected chi connectivity index (χ2v) is 4.53. The van der Waals surface area contributed by atoms with Gasteiger partial charge >= 0.3 is 0 Å². The lowest BCUT2D eigenvalue weighted by Gasteiger charge is -2.09. The van der Waals surface area contributed by atoms with Crippen molar-refractivity contribution in [3.8, 4) is 17.0 Å². The van der Waals surface area contributed by atoms with E-state index in [0.717, 1.165) is 34.8 Å². The topological polar surface area (TPSA) is 37.9 Å². The fourth-order valence-corrected chi connectivity index (χ4v) is 2.11. The summed E-state index contributed by atoms with van der Waals surface area (Å²) in [7, 11) is 1.67. The molecule has 1 heterocycles. The summed E-state index contributed by atoms with van der Waals surface area (Å²) in [6.45, 7) is 4.11. The highest BCUT2D eigenvalue weighted by Crippen LogP contribution is 2.25. The largest absolute Gasteiger partial charge is 0.497 e. The monoisotopic (exact) mass is 260 g/mol. The van der Waals surface area contributed by atoms with Gasteiger partial charge in [0.2, 0.25) is 0 Å². The van der Waals surface area contributed by atoms with Crippen molar-refractivity contribution in [1.29, 1.82) is 0 Å². The van der Waals surface area contributed by atoms with E-state index >= 15 is 0 Å². The first-order valence-electron chi connectivity index (χ1n) is 5.89. The maximum absolute atomic E-state index is 5.21. The molecule has 2 aromatic rings. The third-order valence-corrected chi connectivity index (χ3v) is 3.06. The molecule has 0 aliphatic heterocycles. The third-order valence-electron chi connectivity index (χ3n) is 2.85. The number of aromatic nitrogens is 2. The lowest BCUT2D eigenvalue weighted by Crippen LogP contribution is -1.96. The van der Waals surface area contributed by atoms with Crippen LogP contribution in [0.1, 0.15) is 18.3 Å². The van der Waals surface area contributed by atoms with Gasteiger partial charge in [-0.3, -0.25) is 0 Å². The number of nitrogens with one attached hydrogen (secondary N) is 1. The van der Waals surface area contributed by atoms with Gasteiger partial charge in [-0.2, -0.15) is 0 Å². The van der Waals surface area contributed by atoms with E-state index < -0.39 is 0 Å². The van der Waals surface area contributed by atoms with E-state index in [9.17, 15) is 0 Å². The van der Waals surface area contributed by atoms with Gasteiger partial charge in [-0.05, 0) is 36.8 Å². The van der Waals surface area contributed by atoms with E-state index in [2.05, 4.69) is 23.8 Å². The molecule has 0 aliphatic carbocycles. The van der Waals surface area contributed by atoms with Gasteiger partial charge in [0.1, 0.15) is 16.2 Å². The first-order valence-corrected chi connectivity index (χ1v) is 6.30. The Bertz CT molecular complexity index is 619. The average Bonchev–Trinajstić information content (AvgIpc) is 2.37. The molecule has 3 nitrogen and oxygen atoms in total. The summed E-state index contributed by atoms with van der Waals surface area (Å²) in [4.78, 5) is 7.59. The van der Waals surface area contributed by atoms with Crippen LogP contribution in [0.3, 0.4) is 0 Å². The van der Waals surface area contributed by atoms with Crippen molar-refractivity contribution in [2.75, 3.05) is 7.11 Å². The predicted molar refractivity (Wildman–Crippen MR) is 75.5 cm³/mol. The number of aryl methyl sites for hydroxylation is 2. The fraction of sp³-hybridized carbons (Fsp3) is 0.286. The normalized spacial score (nSPS) is 10.4. The van der Waals surface area contributed by atoms with Crippen LogP contribution in [0.5, 0.6) is 5.75 Å². The highest BCUT2D eigenvalue weighted by atomic mass is 32.1. The zero-order valence-electron chi connectivity index (χ0n) is 10.8. The Hall–Kier alpha value is -1.68. The molecule has 18 heavy (non-hydrogen) atoms. The van der Waals surface area contributed by atoms with Crippen molar-refractivity contribution in [3.63, 3.8) is 0 Å². The highest BCUT2D eigenvalue weighted by Gasteiger charge is 2.05. The van der Waals surface area contributed by atoms with Crippen LogP contribution in [0.2, 0.25) is 0 Å². The molecule has 0 saturated carbocycles. The number of rotatable bonds is 3. The minimum atomic E-state index is 0.621. The number of nitrogens with zero attached hydrogens (tertiary/aromatic N) is 1. The summed E-state index contributed by atoms with van der Waals surface area (Å²) in [6, 6.07) is 7.89. The zero-order chi connectivity index (χ0) is 13.1. The Morgan fingerprint density at radius 2 is 2.11 bits per heavy atom. The summed E-state index contributed by atoms with van der Waals surface area (Å²) in [6.07, 6.45) is 0.840. The Kier molecular flexibility index (Phi) is 3.77. The van der Waals surface area contributed by atoms with Crippen LogP contribution in [-0.2, 0) is 6.42 Å². The molecule has 1 aromatic carbocycles. The van der Waals surface area contributed by atoms with Gasteiger partial charge in [0.25, 0.3) is 0 Å². The lowest BCUT2D eigenvalue weighted by molar-refractivity contribution is 0.414. The van der Waals surface area contributed by atoms with E-state index in [1.54, 1.807) is 7.11 Å². The number of aromatic amines is 1. The van der Waals surface area contributed by atoms with E-state index in [1.165, 1.54) is 0 Å². The summed E-state index contributed by atoms with van der Waals surface area (Å²) in [5, 5.41) is 0. The summed E-state index contributed by atoms with van der Waals surface area (Å²) >= 11 is 5.19. The number of hydrogen-bond acceptors (Lipinski definition) is 3. The van der Waals surface area contributed by atoms with Gasteiger partial charge in [-0.15, -0.1) is 0 Å². The van der Waals surface area contributed by atoms with Crippen molar-refractivity contribution >= 4 is 12.2 Å². The first kappa shape index (κ1) is 12.8.